The van der Waals surface area contributed by atoms with Gasteiger partial charge in [-0.1, -0.05) is 12.1 Å². The Bertz CT molecular complexity index is 735. The molecule has 0 radical (unpaired) electrons. The van der Waals surface area contributed by atoms with Crippen molar-refractivity contribution in [1.82, 2.24) is 9.88 Å². The summed E-state index contributed by atoms with van der Waals surface area (Å²) in [5, 5.41) is 2.80. The molecule has 0 fully saturated rings. The maximum atomic E-state index is 12.3. The summed E-state index contributed by atoms with van der Waals surface area (Å²) < 4.78 is 7.21. The van der Waals surface area contributed by atoms with Crippen LogP contribution in [0.3, 0.4) is 0 Å². The molecule has 25 heavy (non-hydrogen) atoms. The first-order valence-electron chi connectivity index (χ1n) is 8.34. The van der Waals surface area contributed by atoms with Crippen molar-refractivity contribution in [3.63, 3.8) is 0 Å². The fourth-order valence-corrected chi connectivity index (χ4v) is 2.59. The number of carbonyl (C=O) groups excluding carboxylic acids is 2. The molecule has 2 aromatic rings. The second kappa shape index (κ2) is 8.37. The molecule has 0 saturated carbocycles. The molecule has 1 heterocycles. The fraction of sp³-hybridized carbons (Fsp3) is 0.368. The quantitative estimate of drug-likeness (QED) is 0.766. The van der Waals surface area contributed by atoms with Gasteiger partial charge < -0.3 is 20.4 Å². The lowest BCUT2D eigenvalue weighted by Crippen LogP contribution is -2.37. The van der Waals surface area contributed by atoms with Crippen molar-refractivity contribution < 1.29 is 14.3 Å². The number of aromatic nitrogens is 1. The van der Waals surface area contributed by atoms with Crippen molar-refractivity contribution in [2.45, 2.75) is 20.3 Å². The molecule has 1 atom stereocenters. The molecule has 0 unspecified atom stereocenters. The predicted molar refractivity (Wildman–Crippen MR) is 96.5 cm³/mol. The highest BCUT2D eigenvalue weighted by atomic mass is 16.5. The summed E-state index contributed by atoms with van der Waals surface area (Å²) in [4.78, 5) is 24.0. The molecule has 1 aromatic carbocycles. The number of nitrogens with two attached hydrogens (primary N) is 1. The van der Waals surface area contributed by atoms with Crippen LogP contribution in [-0.2, 0) is 18.3 Å². The topological polar surface area (TPSA) is 86.3 Å². The average molecular weight is 343 g/mol. The fourth-order valence-electron chi connectivity index (χ4n) is 2.59. The third kappa shape index (κ3) is 4.86. The first-order valence-corrected chi connectivity index (χ1v) is 8.34. The minimum atomic E-state index is -0.469. The Morgan fingerprint density at radius 3 is 2.40 bits per heavy atom. The van der Waals surface area contributed by atoms with Gasteiger partial charge in [-0.3, -0.25) is 9.59 Å². The highest BCUT2D eigenvalue weighted by molar-refractivity contribution is 5.93. The van der Waals surface area contributed by atoms with E-state index < -0.39 is 11.8 Å². The van der Waals surface area contributed by atoms with E-state index in [-0.39, 0.29) is 12.5 Å². The van der Waals surface area contributed by atoms with Crippen LogP contribution in [-0.4, -0.2) is 29.5 Å². The zero-order valence-corrected chi connectivity index (χ0v) is 14.9. The molecular weight excluding hydrogens is 318 g/mol. The van der Waals surface area contributed by atoms with Crippen LogP contribution in [0, 0.1) is 12.8 Å². The zero-order chi connectivity index (χ0) is 18.4. The van der Waals surface area contributed by atoms with Crippen LogP contribution in [0.15, 0.2) is 36.4 Å². The summed E-state index contributed by atoms with van der Waals surface area (Å²) in [5.41, 5.74) is 8.02. The van der Waals surface area contributed by atoms with Gasteiger partial charge >= 0.3 is 0 Å². The van der Waals surface area contributed by atoms with Gasteiger partial charge in [-0.25, -0.2) is 0 Å². The van der Waals surface area contributed by atoms with Gasteiger partial charge in [-0.2, -0.15) is 0 Å². The summed E-state index contributed by atoms with van der Waals surface area (Å²) in [6.07, 6.45) is 0.466. The summed E-state index contributed by atoms with van der Waals surface area (Å²) in [6, 6.07) is 11.2. The van der Waals surface area contributed by atoms with Crippen LogP contribution >= 0.6 is 0 Å². The molecule has 2 amide bonds. The smallest absolute Gasteiger partial charge is 0.267 e. The standard InChI is InChI=1S/C19H25N3O3/c1-4-25-16-8-6-14(7-9-16)11-15(18(20)23)12-21-19(24)17-10-5-13(2)22(17)3/h5-10,15H,4,11-12H2,1-3H3,(H2,20,23)(H,21,24)/t15-/m0/s1. The molecule has 2 rings (SSSR count). The third-order valence-corrected chi connectivity index (χ3v) is 4.23. The number of nitrogens with one attached hydrogen (secondary N) is 1. The van der Waals surface area contributed by atoms with Crippen molar-refractivity contribution in [3.05, 3.63) is 53.3 Å². The normalized spacial score (nSPS) is 11.8. The molecule has 0 saturated heterocycles. The zero-order valence-electron chi connectivity index (χ0n) is 14.9. The lowest BCUT2D eigenvalue weighted by Gasteiger charge is -2.15. The van der Waals surface area contributed by atoms with Crippen LogP contribution in [0.2, 0.25) is 0 Å². The van der Waals surface area contributed by atoms with Crippen molar-refractivity contribution in [2.75, 3.05) is 13.2 Å². The minimum absolute atomic E-state index is 0.200. The summed E-state index contributed by atoms with van der Waals surface area (Å²) in [7, 11) is 1.83. The summed E-state index contributed by atoms with van der Waals surface area (Å²) >= 11 is 0. The third-order valence-electron chi connectivity index (χ3n) is 4.23. The van der Waals surface area contributed by atoms with E-state index in [0.717, 1.165) is 17.0 Å². The van der Waals surface area contributed by atoms with Gasteiger partial charge in [0.05, 0.1) is 12.5 Å². The predicted octanol–water partition coefficient (Wildman–Crippen LogP) is 1.81. The van der Waals surface area contributed by atoms with E-state index in [1.807, 2.05) is 51.2 Å². The molecule has 134 valence electrons. The van der Waals surface area contributed by atoms with Gasteiger partial charge in [0, 0.05) is 19.3 Å². The van der Waals surface area contributed by atoms with Gasteiger partial charge in [0.2, 0.25) is 5.91 Å². The van der Waals surface area contributed by atoms with Crippen LogP contribution in [0.25, 0.3) is 0 Å². The van der Waals surface area contributed by atoms with Crippen LogP contribution in [0.1, 0.15) is 28.7 Å². The highest BCUT2D eigenvalue weighted by Crippen LogP contribution is 2.15. The number of hydrogen-bond donors (Lipinski definition) is 2. The number of nitrogens with zero attached hydrogens (tertiary/aromatic N) is 1. The van der Waals surface area contributed by atoms with Crippen LogP contribution < -0.4 is 15.8 Å². The van der Waals surface area contributed by atoms with Gasteiger partial charge in [0.25, 0.3) is 5.91 Å². The molecule has 0 aliphatic heterocycles. The second-order valence-corrected chi connectivity index (χ2v) is 6.01. The molecule has 0 aliphatic rings. The highest BCUT2D eigenvalue weighted by Gasteiger charge is 2.19. The monoisotopic (exact) mass is 343 g/mol. The van der Waals surface area contributed by atoms with E-state index in [9.17, 15) is 9.59 Å². The molecular formula is C19H25N3O3. The first-order chi connectivity index (χ1) is 11.9. The van der Waals surface area contributed by atoms with Gasteiger partial charge in [0.15, 0.2) is 0 Å². The number of hydrogen-bond acceptors (Lipinski definition) is 3. The van der Waals surface area contributed by atoms with Gasteiger partial charge in [-0.15, -0.1) is 0 Å². The van der Waals surface area contributed by atoms with Crippen LogP contribution in [0.5, 0.6) is 5.75 Å². The molecule has 6 nitrogen and oxygen atoms in total. The number of ether oxygens (including phenoxy) is 1. The summed E-state index contributed by atoms with van der Waals surface area (Å²) in [6.45, 7) is 4.66. The number of aryl methyl sites for hydroxylation is 1. The Morgan fingerprint density at radius 2 is 1.88 bits per heavy atom. The van der Waals surface area contributed by atoms with Crippen LogP contribution in [0.4, 0.5) is 0 Å². The minimum Gasteiger partial charge on any atom is -0.494 e. The van der Waals surface area contributed by atoms with E-state index in [1.165, 1.54) is 0 Å². The van der Waals surface area contributed by atoms with Crippen molar-refractivity contribution in [3.8, 4) is 5.75 Å². The number of amides is 2. The number of carbonyl (C=O) groups is 2. The Hall–Kier alpha value is -2.76. The molecule has 0 spiro atoms. The molecule has 0 bridgehead atoms. The number of primary amides is 1. The molecule has 0 aliphatic carbocycles. The second-order valence-electron chi connectivity index (χ2n) is 6.01. The SMILES string of the molecule is CCOc1ccc(C[C@@H](CNC(=O)c2ccc(C)n2C)C(N)=O)cc1. The molecule has 6 heteroatoms. The van der Waals surface area contributed by atoms with E-state index in [4.69, 9.17) is 10.5 Å². The van der Waals surface area contributed by atoms with E-state index in [0.29, 0.717) is 18.7 Å². The van der Waals surface area contributed by atoms with Gasteiger partial charge in [0.1, 0.15) is 11.4 Å². The van der Waals surface area contributed by atoms with E-state index >= 15 is 0 Å². The lowest BCUT2D eigenvalue weighted by atomic mass is 9.98. The van der Waals surface area contributed by atoms with Crippen molar-refractivity contribution in [1.29, 1.82) is 0 Å². The Morgan fingerprint density at radius 1 is 1.20 bits per heavy atom. The molecule has 3 N–H and O–H groups in total. The Kier molecular flexibility index (Phi) is 6.22. The van der Waals surface area contributed by atoms with Crippen molar-refractivity contribution >= 4 is 11.8 Å². The van der Waals surface area contributed by atoms with Gasteiger partial charge in [-0.05, 0) is 50.1 Å². The number of benzene rings is 1. The Balaban J connectivity index is 1.97. The maximum absolute atomic E-state index is 12.3. The maximum Gasteiger partial charge on any atom is 0.267 e. The molecule has 1 aromatic heterocycles. The van der Waals surface area contributed by atoms with E-state index in [2.05, 4.69) is 5.32 Å². The Labute approximate surface area is 148 Å². The lowest BCUT2D eigenvalue weighted by molar-refractivity contribution is -0.121. The van der Waals surface area contributed by atoms with Crippen molar-refractivity contribution in [2.24, 2.45) is 18.7 Å². The summed E-state index contributed by atoms with van der Waals surface area (Å²) in [5.74, 6) is -0.330. The van der Waals surface area contributed by atoms with E-state index in [1.54, 1.807) is 10.6 Å². The largest absolute Gasteiger partial charge is 0.494 e. The first kappa shape index (κ1) is 18.6. The average Bonchev–Trinajstić information content (AvgIpc) is 2.92. The number of rotatable bonds is 8.